The molecule has 0 aliphatic carbocycles. The molecule has 0 radical (unpaired) electrons. The Labute approximate surface area is 127 Å². The first-order valence-electron chi connectivity index (χ1n) is 8.70. The topological polar surface area (TPSA) is 37.3 Å². The van der Waals surface area contributed by atoms with Crippen molar-refractivity contribution in [1.29, 1.82) is 0 Å². The highest BCUT2D eigenvalue weighted by atomic mass is 16.4. The summed E-state index contributed by atoms with van der Waals surface area (Å²) in [7, 11) is 0. The van der Waals surface area contributed by atoms with E-state index in [4.69, 9.17) is 7.85 Å². The number of hydrogen-bond acceptors (Lipinski definition) is 1. The Kier molecular flexibility index (Phi) is 11.9. The van der Waals surface area contributed by atoms with E-state index in [1.807, 2.05) is 19.1 Å². The summed E-state index contributed by atoms with van der Waals surface area (Å²) in [5.74, 6) is -0.703. The lowest BCUT2D eigenvalue weighted by atomic mass is 10.1. The second kappa shape index (κ2) is 15.7. The van der Waals surface area contributed by atoms with Crippen LogP contribution < -0.4 is 0 Å². The highest BCUT2D eigenvalue weighted by Gasteiger charge is 1.95. The van der Waals surface area contributed by atoms with Gasteiger partial charge in [0.05, 0.1) is 0 Å². The molecule has 20 heavy (non-hydrogen) atoms. The van der Waals surface area contributed by atoms with Crippen molar-refractivity contribution in [2.75, 3.05) is 0 Å². The first-order chi connectivity index (χ1) is 10.5. The van der Waals surface area contributed by atoms with Crippen LogP contribution in [-0.2, 0) is 4.79 Å². The van der Waals surface area contributed by atoms with Gasteiger partial charge < -0.3 is 5.11 Å². The predicted molar refractivity (Wildman–Crippen MR) is 86.9 cm³/mol. The standard InChI is InChI=1S/C18H30O2/c1-2-3-4-5-6-7-8-9-10-11-12-13-14-15-16-17-18(19)20/h3-4,6-7,9-10H,2,5,8,11-17H2,1H3,(H,19,20)/b4-3-,7-6-,10-9-/i5D2. The van der Waals surface area contributed by atoms with E-state index >= 15 is 0 Å². The van der Waals surface area contributed by atoms with Gasteiger partial charge in [-0.2, -0.15) is 0 Å². The monoisotopic (exact) mass is 280 g/mol. The van der Waals surface area contributed by atoms with E-state index < -0.39 is 12.3 Å². The van der Waals surface area contributed by atoms with E-state index in [-0.39, 0.29) is 6.42 Å². The lowest BCUT2D eigenvalue weighted by molar-refractivity contribution is -0.137. The molecule has 0 saturated heterocycles. The number of hydrogen-bond donors (Lipinski definition) is 1. The quantitative estimate of drug-likeness (QED) is 0.349. The highest BCUT2D eigenvalue weighted by Crippen LogP contribution is 2.07. The smallest absolute Gasteiger partial charge is 0.303 e. The van der Waals surface area contributed by atoms with Crippen LogP contribution in [-0.4, -0.2) is 11.1 Å². The maximum absolute atomic E-state index is 10.3. The van der Waals surface area contributed by atoms with E-state index in [9.17, 15) is 4.79 Å². The number of unbranched alkanes of at least 4 members (excludes halogenated alkanes) is 5. The maximum Gasteiger partial charge on any atom is 0.303 e. The molecular weight excluding hydrogens is 248 g/mol. The Hall–Kier alpha value is -1.31. The third-order valence-corrected chi connectivity index (χ3v) is 2.86. The van der Waals surface area contributed by atoms with Crippen LogP contribution in [0.5, 0.6) is 0 Å². The molecule has 0 rings (SSSR count). The zero-order chi connectivity index (χ0) is 16.7. The van der Waals surface area contributed by atoms with E-state index in [0.29, 0.717) is 0 Å². The Morgan fingerprint density at radius 1 is 0.950 bits per heavy atom. The summed E-state index contributed by atoms with van der Waals surface area (Å²) in [5, 5.41) is 8.51. The molecule has 0 bridgehead atoms. The van der Waals surface area contributed by atoms with Crippen molar-refractivity contribution >= 4 is 5.97 Å². The Balaban J connectivity index is 3.55. The average molecular weight is 280 g/mol. The number of carboxylic acid groups (broad SMARTS) is 1. The highest BCUT2D eigenvalue weighted by molar-refractivity contribution is 5.66. The summed E-state index contributed by atoms with van der Waals surface area (Å²) >= 11 is 0. The molecule has 2 nitrogen and oxygen atoms in total. The van der Waals surface area contributed by atoms with Gasteiger partial charge in [0.25, 0.3) is 0 Å². The van der Waals surface area contributed by atoms with Crippen molar-refractivity contribution in [2.45, 2.75) is 71.1 Å². The fourth-order valence-electron chi connectivity index (χ4n) is 1.74. The molecule has 0 aromatic carbocycles. The summed E-state index contributed by atoms with van der Waals surface area (Å²) in [6.07, 6.45) is 17.9. The van der Waals surface area contributed by atoms with Gasteiger partial charge in [-0.15, -0.1) is 0 Å². The Morgan fingerprint density at radius 2 is 1.60 bits per heavy atom. The third-order valence-electron chi connectivity index (χ3n) is 2.86. The fraction of sp³-hybridized carbons (Fsp3) is 0.611. The number of allylic oxidation sites excluding steroid dienone is 6. The minimum absolute atomic E-state index is 0.285. The van der Waals surface area contributed by atoms with Crippen LogP contribution in [0.1, 0.15) is 73.8 Å². The van der Waals surface area contributed by atoms with Gasteiger partial charge in [-0.05, 0) is 38.5 Å². The predicted octanol–water partition coefficient (Wildman–Crippen LogP) is 5.66. The van der Waals surface area contributed by atoms with Gasteiger partial charge in [0.2, 0.25) is 0 Å². The molecule has 0 amide bonds. The third kappa shape index (κ3) is 16.7. The van der Waals surface area contributed by atoms with Gasteiger partial charge in [0.1, 0.15) is 0 Å². The van der Waals surface area contributed by atoms with Gasteiger partial charge in [0, 0.05) is 9.16 Å². The summed E-state index contributed by atoms with van der Waals surface area (Å²) in [6.45, 7) is 1.99. The summed E-state index contributed by atoms with van der Waals surface area (Å²) in [6, 6.07) is 0. The number of carboxylic acids is 1. The molecule has 0 aliphatic heterocycles. The molecule has 0 spiro atoms. The van der Waals surface area contributed by atoms with E-state index in [1.165, 1.54) is 0 Å². The lowest BCUT2D eigenvalue weighted by Gasteiger charge is -1.98. The van der Waals surface area contributed by atoms with Crippen LogP contribution in [0.4, 0.5) is 0 Å². The number of rotatable bonds is 13. The van der Waals surface area contributed by atoms with Crippen LogP contribution in [0.15, 0.2) is 36.5 Å². The van der Waals surface area contributed by atoms with Crippen LogP contribution in [0.3, 0.4) is 0 Å². The van der Waals surface area contributed by atoms with Crippen molar-refractivity contribution in [3.63, 3.8) is 0 Å². The number of aliphatic carboxylic acids is 1. The first kappa shape index (κ1) is 15.1. The molecule has 1 N–H and O–H groups in total. The first-order valence-corrected chi connectivity index (χ1v) is 7.70. The average Bonchev–Trinajstić information content (AvgIpc) is 2.46. The van der Waals surface area contributed by atoms with Crippen LogP contribution in [0, 0.1) is 0 Å². The Bertz CT molecular complexity index is 371. The number of carbonyl (C=O) groups is 1. The molecule has 0 fully saturated rings. The molecular formula is C18H30O2. The zero-order valence-corrected chi connectivity index (χ0v) is 12.7. The molecule has 0 aliphatic rings. The largest absolute Gasteiger partial charge is 0.481 e. The minimum atomic E-state index is -1.35. The van der Waals surface area contributed by atoms with Crippen molar-refractivity contribution in [2.24, 2.45) is 0 Å². The fourth-order valence-corrected chi connectivity index (χ4v) is 1.74. The van der Waals surface area contributed by atoms with Crippen molar-refractivity contribution in [3.8, 4) is 0 Å². The molecule has 0 atom stereocenters. The van der Waals surface area contributed by atoms with Gasteiger partial charge in [-0.25, -0.2) is 0 Å². The van der Waals surface area contributed by atoms with E-state index in [0.717, 1.165) is 51.4 Å². The summed E-state index contributed by atoms with van der Waals surface area (Å²) in [4.78, 5) is 10.3. The molecule has 0 aromatic heterocycles. The maximum atomic E-state index is 10.3. The zero-order valence-electron chi connectivity index (χ0n) is 14.7. The second-order valence-corrected chi connectivity index (χ2v) is 4.79. The van der Waals surface area contributed by atoms with Crippen molar-refractivity contribution in [3.05, 3.63) is 36.5 Å². The second-order valence-electron chi connectivity index (χ2n) is 4.79. The SMILES string of the molecule is [2H]C([2H])(/C=C\CC)/C=C\C/C=C\CCCCCCCC(=O)O. The molecule has 0 unspecified atom stereocenters. The summed E-state index contributed by atoms with van der Waals surface area (Å²) < 4.78 is 15.4. The van der Waals surface area contributed by atoms with Gasteiger partial charge >= 0.3 is 5.97 Å². The van der Waals surface area contributed by atoms with Crippen LogP contribution in [0.2, 0.25) is 0 Å². The van der Waals surface area contributed by atoms with Gasteiger partial charge in [-0.1, -0.05) is 62.6 Å². The van der Waals surface area contributed by atoms with Crippen molar-refractivity contribution < 1.29 is 12.6 Å². The normalized spacial score (nSPS) is 14.2. The molecule has 0 heterocycles. The van der Waals surface area contributed by atoms with Crippen molar-refractivity contribution in [1.82, 2.24) is 0 Å². The molecule has 0 aromatic rings. The van der Waals surface area contributed by atoms with E-state index in [2.05, 4.69) is 12.2 Å². The molecule has 2 heteroatoms. The van der Waals surface area contributed by atoms with Gasteiger partial charge in [0.15, 0.2) is 0 Å². The van der Waals surface area contributed by atoms with E-state index in [1.54, 1.807) is 12.2 Å². The molecule has 0 saturated carbocycles. The van der Waals surface area contributed by atoms with Crippen LogP contribution >= 0.6 is 0 Å². The molecule has 114 valence electrons. The van der Waals surface area contributed by atoms with Crippen LogP contribution in [0.25, 0.3) is 0 Å². The summed E-state index contributed by atoms with van der Waals surface area (Å²) in [5.41, 5.74) is 0. The van der Waals surface area contributed by atoms with Gasteiger partial charge in [-0.3, -0.25) is 4.79 Å². The minimum Gasteiger partial charge on any atom is -0.481 e. The lowest BCUT2D eigenvalue weighted by Crippen LogP contribution is -1.93. The Morgan fingerprint density at radius 3 is 2.35 bits per heavy atom.